The molecule has 1 saturated heterocycles. The zero-order valence-corrected chi connectivity index (χ0v) is 14.3. The third kappa shape index (κ3) is 2.84. The van der Waals surface area contributed by atoms with Gasteiger partial charge in [-0.1, -0.05) is 12.8 Å². The number of anilines is 2. The monoisotopic (exact) mass is 355 g/mol. The molecule has 2 heterocycles. The molecule has 1 N–H and O–H groups in total. The van der Waals surface area contributed by atoms with E-state index in [1.165, 1.54) is 16.2 Å². The number of imide groups is 1. The van der Waals surface area contributed by atoms with E-state index in [4.69, 9.17) is 0 Å². The van der Waals surface area contributed by atoms with Crippen molar-refractivity contribution in [1.29, 1.82) is 0 Å². The third-order valence-electron chi connectivity index (χ3n) is 4.88. The minimum atomic E-state index is -0.269. The number of nitrogens with zero attached hydrogens (tertiary/aromatic N) is 2. The average molecular weight is 355 g/mol. The Morgan fingerprint density at radius 3 is 2.28 bits per heavy atom. The van der Waals surface area contributed by atoms with Gasteiger partial charge in [-0.2, -0.15) is 0 Å². The van der Waals surface area contributed by atoms with Crippen molar-refractivity contribution in [2.75, 3.05) is 10.2 Å². The molecular formula is C18H17N3O3S. The highest BCUT2D eigenvalue weighted by Crippen LogP contribution is 2.40. The van der Waals surface area contributed by atoms with E-state index in [-0.39, 0.29) is 29.6 Å². The molecule has 4 rings (SSSR count). The summed E-state index contributed by atoms with van der Waals surface area (Å²) in [6.07, 6.45) is 5.21. The number of amides is 3. The molecule has 3 amide bonds. The lowest BCUT2D eigenvalue weighted by molar-refractivity contribution is -0.122. The van der Waals surface area contributed by atoms with Crippen LogP contribution < -0.4 is 10.2 Å². The first kappa shape index (κ1) is 16.0. The Morgan fingerprint density at radius 2 is 1.72 bits per heavy atom. The van der Waals surface area contributed by atoms with Crippen LogP contribution in [-0.2, 0) is 9.59 Å². The quantitative estimate of drug-likeness (QED) is 0.858. The minimum absolute atomic E-state index is 0.102. The highest BCUT2D eigenvalue weighted by Gasteiger charge is 2.48. The van der Waals surface area contributed by atoms with E-state index in [1.54, 1.807) is 35.8 Å². The number of carbonyl (C=O) groups is 3. The molecule has 2 aliphatic rings. The van der Waals surface area contributed by atoms with Gasteiger partial charge in [0.1, 0.15) is 0 Å². The van der Waals surface area contributed by atoms with Crippen molar-refractivity contribution in [2.24, 2.45) is 11.8 Å². The maximum absolute atomic E-state index is 12.6. The molecular weight excluding hydrogens is 338 g/mol. The van der Waals surface area contributed by atoms with Crippen LogP contribution in [0, 0.1) is 11.8 Å². The topological polar surface area (TPSA) is 79.4 Å². The van der Waals surface area contributed by atoms with Crippen LogP contribution in [0.15, 0.2) is 35.8 Å². The molecule has 7 heteroatoms. The lowest BCUT2D eigenvalue weighted by atomic mass is 9.81. The lowest BCUT2D eigenvalue weighted by Gasteiger charge is -2.19. The smallest absolute Gasteiger partial charge is 0.257 e. The van der Waals surface area contributed by atoms with E-state index in [9.17, 15) is 14.4 Å². The van der Waals surface area contributed by atoms with Gasteiger partial charge >= 0.3 is 0 Å². The van der Waals surface area contributed by atoms with Crippen LogP contribution in [0.25, 0.3) is 0 Å². The van der Waals surface area contributed by atoms with Crippen molar-refractivity contribution in [1.82, 2.24) is 4.98 Å². The molecule has 0 unspecified atom stereocenters. The highest BCUT2D eigenvalue weighted by atomic mass is 32.1. The Hall–Kier alpha value is -2.54. The Balaban J connectivity index is 1.53. The van der Waals surface area contributed by atoms with Crippen molar-refractivity contribution in [3.8, 4) is 0 Å². The van der Waals surface area contributed by atoms with Gasteiger partial charge in [0, 0.05) is 17.1 Å². The second-order valence-corrected chi connectivity index (χ2v) is 7.24. The fourth-order valence-electron chi connectivity index (χ4n) is 3.63. The first-order chi connectivity index (χ1) is 12.1. The van der Waals surface area contributed by atoms with E-state index in [2.05, 4.69) is 10.3 Å². The van der Waals surface area contributed by atoms with Crippen molar-refractivity contribution in [3.05, 3.63) is 41.4 Å². The molecule has 128 valence electrons. The Bertz CT molecular complexity index is 793. The van der Waals surface area contributed by atoms with E-state index in [1.807, 2.05) is 0 Å². The second-order valence-electron chi connectivity index (χ2n) is 6.35. The molecule has 0 radical (unpaired) electrons. The van der Waals surface area contributed by atoms with Gasteiger partial charge < -0.3 is 0 Å². The summed E-state index contributed by atoms with van der Waals surface area (Å²) in [5, 5.41) is 5.02. The van der Waals surface area contributed by atoms with Crippen LogP contribution >= 0.6 is 11.3 Å². The predicted molar refractivity (Wildman–Crippen MR) is 94.5 cm³/mol. The van der Waals surface area contributed by atoms with Gasteiger partial charge in [-0.25, -0.2) is 4.98 Å². The number of hydrogen-bond acceptors (Lipinski definition) is 5. The zero-order chi connectivity index (χ0) is 17.4. The van der Waals surface area contributed by atoms with Crippen molar-refractivity contribution >= 4 is 39.9 Å². The number of hydrogen-bond donors (Lipinski definition) is 1. The number of carbonyl (C=O) groups excluding carboxylic acids is 3. The molecule has 1 aliphatic carbocycles. The molecule has 2 atom stereocenters. The Labute approximate surface area is 148 Å². The van der Waals surface area contributed by atoms with Gasteiger partial charge in [0.15, 0.2) is 5.13 Å². The Morgan fingerprint density at radius 1 is 1.08 bits per heavy atom. The van der Waals surface area contributed by atoms with E-state index in [0.717, 1.165) is 25.7 Å². The molecule has 0 spiro atoms. The largest absolute Gasteiger partial charge is 0.298 e. The second kappa shape index (κ2) is 6.40. The maximum atomic E-state index is 12.6. The van der Waals surface area contributed by atoms with Crippen LogP contribution in [0.3, 0.4) is 0 Å². The summed E-state index contributed by atoms with van der Waals surface area (Å²) in [6.45, 7) is 0. The van der Waals surface area contributed by atoms with E-state index in [0.29, 0.717) is 16.4 Å². The lowest BCUT2D eigenvalue weighted by Crippen LogP contribution is -2.30. The fourth-order valence-corrected chi connectivity index (χ4v) is 4.16. The molecule has 6 nitrogen and oxygen atoms in total. The molecule has 2 fully saturated rings. The molecule has 1 saturated carbocycles. The van der Waals surface area contributed by atoms with Crippen molar-refractivity contribution in [3.63, 3.8) is 0 Å². The Kier molecular flexibility index (Phi) is 4.09. The number of benzene rings is 1. The van der Waals surface area contributed by atoms with Crippen LogP contribution in [0.5, 0.6) is 0 Å². The molecule has 1 aromatic heterocycles. The van der Waals surface area contributed by atoms with Crippen LogP contribution in [0.1, 0.15) is 36.0 Å². The van der Waals surface area contributed by atoms with Gasteiger partial charge in [0.25, 0.3) is 5.91 Å². The van der Waals surface area contributed by atoms with Gasteiger partial charge in [0.05, 0.1) is 17.5 Å². The highest BCUT2D eigenvalue weighted by molar-refractivity contribution is 7.13. The number of nitrogens with one attached hydrogen (secondary N) is 1. The molecule has 0 bridgehead atoms. The van der Waals surface area contributed by atoms with Gasteiger partial charge in [-0.15, -0.1) is 11.3 Å². The number of aromatic nitrogens is 1. The van der Waals surface area contributed by atoms with Crippen molar-refractivity contribution < 1.29 is 14.4 Å². The summed E-state index contributed by atoms with van der Waals surface area (Å²) >= 11 is 1.34. The fraction of sp³-hybridized carbons (Fsp3) is 0.333. The minimum Gasteiger partial charge on any atom is -0.298 e. The summed E-state index contributed by atoms with van der Waals surface area (Å²) in [6, 6.07) is 6.56. The van der Waals surface area contributed by atoms with Gasteiger partial charge in [-0.05, 0) is 37.1 Å². The SMILES string of the molecule is O=C(Nc1nccs1)c1ccc(N2C(=O)[C@H]3CCCC[C@H]3C2=O)cc1. The van der Waals surface area contributed by atoms with Crippen molar-refractivity contribution in [2.45, 2.75) is 25.7 Å². The average Bonchev–Trinajstić information content (AvgIpc) is 3.23. The van der Waals surface area contributed by atoms with Crippen LogP contribution in [0.4, 0.5) is 10.8 Å². The number of rotatable bonds is 3. The number of fused-ring (bicyclic) bond motifs is 1. The summed E-state index contributed by atoms with van der Waals surface area (Å²) in [5.41, 5.74) is 0.991. The summed E-state index contributed by atoms with van der Waals surface area (Å²) in [7, 11) is 0. The van der Waals surface area contributed by atoms with Gasteiger partial charge in [0.2, 0.25) is 11.8 Å². The summed E-state index contributed by atoms with van der Waals surface area (Å²) in [4.78, 5) is 42.7. The summed E-state index contributed by atoms with van der Waals surface area (Å²) in [5.74, 6) is -0.818. The van der Waals surface area contributed by atoms with E-state index >= 15 is 0 Å². The van der Waals surface area contributed by atoms with E-state index < -0.39 is 0 Å². The molecule has 1 aliphatic heterocycles. The third-order valence-corrected chi connectivity index (χ3v) is 5.57. The zero-order valence-electron chi connectivity index (χ0n) is 13.5. The maximum Gasteiger partial charge on any atom is 0.257 e. The normalized spacial score (nSPS) is 22.8. The molecule has 1 aromatic carbocycles. The standard InChI is InChI=1S/C18H17N3O3S/c22-15(20-18-19-9-10-25-18)11-5-7-12(8-6-11)21-16(23)13-3-1-2-4-14(13)17(21)24/h5-10,13-14H,1-4H2,(H,19,20,22)/t13-,14+. The molecule has 25 heavy (non-hydrogen) atoms. The number of thiazole rings is 1. The predicted octanol–water partition coefficient (Wildman–Crippen LogP) is 3.08. The van der Waals surface area contributed by atoms with Crippen LogP contribution in [-0.4, -0.2) is 22.7 Å². The molecule has 2 aromatic rings. The first-order valence-electron chi connectivity index (χ1n) is 8.34. The van der Waals surface area contributed by atoms with Crippen LogP contribution in [0.2, 0.25) is 0 Å². The van der Waals surface area contributed by atoms with Gasteiger partial charge in [-0.3, -0.25) is 24.6 Å². The summed E-state index contributed by atoms with van der Waals surface area (Å²) < 4.78 is 0. The first-order valence-corrected chi connectivity index (χ1v) is 9.22.